The van der Waals surface area contributed by atoms with Gasteiger partial charge < -0.3 is 9.22 Å². The molecule has 0 amide bonds. The van der Waals surface area contributed by atoms with E-state index in [1.165, 1.54) is 0 Å². The first kappa shape index (κ1) is 11.8. The Hall–Kier alpha value is -0.153. The van der Waals surface area contributed by atoms with E-state index in [0.29, 0.717) is 12.5 Å². The summed E-state index contributed by atoms with van der Waals surface area (Å²) in [6, 6.07) is 0. The summed E-state index contributed by atoms with van der Waals surface area (Å²) in [7, 11) is -1.37. The Balaban J connectivity index is 3.46. The number of unbranched alkanes of at least 4 members (excludes halogenated alkanes) is 1. The van der Waals surface area contributed by atoms with Crippen LogP contribution in [0, 0.1) is 0 Å². The van der Waals surface area contributed by atoms with E-state index in [2.05, 4.69) is 26.6 Å². The smallest absolute Gasteiger partial charge is 0.184 e. The molecule has 0 aliphatic carbocycles. The molecule has 0 spiro atoms. The van der Waals surface area contributed by atoms with Gasteiger partial charge in [-0.2, -0.15) is 0 Å². The van der Waals surface area contributed by atoms with Gasteiger partial charge in [-0.15, -0.1) is 0 Å². The maximum Gasteiger partial charge on any atom is 0.184 e. The standard InChI is InChI=1S/C9H20O2Si/c1-9(7-5-6-8-10)11-12(2,3)4/h8-9H,5-7H2,1-4H3. The van der Waals surface area contributed by atoms with Gasteiger partial charge in [-0.05, 0) is 39.4 Å². The maximum absolute atomic E-state index is 10.0. The van der Waals surface area contributed by atoms with Crippen molar-refractivity contribution in [2.75, 3.05) is 0 Å². The van der Waals surface area contributed by atoms with Crippen LogP contribution in [0.5, 0.6) is 0 Å². The molecule has 0 radical (unpaired) electrons. The highest BCUT2D eigenvalue weighted by molar-refractivity contribution is 6.69. The number of rotatable bonds is 6. The fraction of sp³-hybridized carbons (Fsp3) is 0.889. The summed E-state index contributed by atoms with van der Waals surface area (Å²) in [5, 5.41) is 0. The molecule has 0 aliphatic rings. The van der Waals surface area contributed by atoms with Crippen LogP contribution in [0.1, 0.15) is 26.2 Å². The fourth-order valence-electron chi connectivity index (χ4n) is 1.15. The van der Waals surface area contributed by atoms with Crippen LogP contribution < -0.4 is 0 Å². The van der Waals surface area contributed by atoms with E-state index in [0.717, 1.165) is 19.1 Å². The van der Waals surface area contributed by atoms with Gasteiger partial charge in [0.2, 0.25) is 0 Å². The zero-order chi connectivity index (χ0) is 9.61. The molecule has 0 fully saturated rings. The Bertz CT molecular complexity index is 129. The highest BCUT2D eigenvalue weighted by Crippen LogP contribution is 2.11. The summed E-state index contributed by atoms with van der Waals surface area (Å²) in [5.74, 6) is 0. The van der Waals surface area contributed by atoms with Crippen LogP contribution in [0.2, 0.25) is 19.6 Å². The van der Waals surface area contributed by atoms with Crippen molar-refractivity contribution in [3.63, 3.8) is 0 Å². The third-order valence-corrected chi connectivity index (χ3v) is 2.60. The predicted molar refractivity (Wildman–Crippen MR) is 53.8 cm³/mol. The lowest BCUT2D eigenvalue weighted by Gasteiger charge is -2.23. The second-order valence-electron chi connectivity index (χ2n) is 4.14. The lowest BCUT2D eigenvalue weighted by Crippen LogP contribution is -2.30. The zero-order valence-electron chi connectivity index (χ0n) is 8.59. The van der Waals surface area contributed by atoms with Crippen molar-refractivity contribution in [1.29, 1.82) is 0 Å². The quantitative estimate of drug-likeness (QED) is 0.364. The molecule has 0 saturated heterocycles. The highest BCUT2D eigenvalue weighted by Gasteiger charge is 2.17. The Morgan fingerprint density at radius 2 is 2.00 bits per heavy atom. The third kappa shape index (κ3) is 7.95. The van der Waals surface area contributed by atoms with Gasteiger partial charge in [0.05, 0.1) is 0 Å². The number of hydrogen-bond donors (Lipinski definition) is 0. The van der Waals surface area contributed by atoms with Gasteiger partial charge in [0.1, 0.15) is 6.29 Å². The normalized spacial score (nSPS) is 14.3. The minimum atomic E-state index is -1.37. The van der Waals surface area contributed by atoms with Crippen LogP contribution in [-0.4, -0.2) is 20.7 Å². The lowest BCUT2D eigenvalue weighted by molar-refractivity contribution is -0.108. The summed E-state index contributed by atoms with van der Waals surface area (Å²) in [6.07, 6.45) is 3.91. The molecule has 0 aromatic carbocycles. The van der Waals surface area contributed by atoms with Gasteiger partial charge in [-0.1, -0.05) is 0 Å². The average molecular weight is 188 g/mol. The molecule has 2 nitrogen and oxygen atoms in total. The minimum Gasteiger partial charge on any atom is -0.415 e. The largest absolute Gasteiger partial charge is 0.415 e. The van der Waals surface area contributed by atoms with Crippen molar-refractivity contribution in [2.24, 2.45) is 0 Å². The van der Waals surface area contributed by atoms with Gasteiger partial charge in [0.25, 0.3) is 0 Å². The summed E-state index contributed by atoms with van der Waals surface area (Å²) in [4.78, 5) is 10.0. The molecule has 0 rings (SSSR count). The van der Waals surface area contributed by atoms with E-state index < -0.39 is 8.32 Å². The molecule has 72 valence electrons. The van der Waals surface area contributed by atoms with E-state index in [1.54, 1.807) is 0 Å². The summed E-state index contributed by atoms with van der Waals surface area (Å²) in [6.45, 7) is 8.64. The van der Waals surface area contributed by atoms with Crippen LogP contribution in [0.25, 0.3) is 0 Å². The second-order valence-corrected chi connectivity index (χ2v) is 8.60. The van der Waals surface area contributed by atoms with E-state index in [9.17, 15) is 4.79 Å². The highest BCUT2D eigenvalue weighted by atomic mass is 28.4. The van der Waals surface area contributed by atoms with Crippen molar-refractivity contribution < 1.29 is 9.22 Å². The van der Waals surface area contributed by atoms with Crippen LogP contribution in [0.3, 0.4) is 0 Å². The molecule has 0 saturated carbocycles. The Morgan fingerprint density at radius 1 is 1.42 bits per heavy atom. The van der Waals surface area contributed by atoms with Crippen molar-refractivity contribution >= 4 is 14.6 Å². The fourth-order valence-corrected chi connectivity index (χ4v) is 2.48. The molecule has 1 atom stereocenters. The molecule has 0 heterocycles. The van der Waals surface area contributed by atoms with E-state index in [1.807, 2.05) is 0 Å². The SMILES string of the molecule is CC(CCCC=O)O[Si](C)(C)C. The predicted octanol–water partition coefficient (Wildman–Crippen LogP) is 2.60. The van der Waals surface area contributed by atoms with Gasteiger partial charge in [-0.25, -0.2) is 0 Å². The molecule has 0 bridgehead atoms. The molecular weight excluding hydrogens is 168 g/mol. The molecule has 0 aliphatic heterocycles. The number of carbonyl (C=O) groups is 1. The van der Waals surface area contributed by atoms with E-state index in [4.69, 9.17) is 4.43 Å². The molecule has 1 unspecified atom stereocenters. The van der Waals surface area contributed by atoms with Gasteiger partial charge in [0.15, 0.2) is 8.32 Å². The Labute approximate surface area is 76.4 Å². The summed E-state index contributed by atoms with van der Waals surface area (Å²) < 4.78 is 5.81. The van der Waals surface area contributed by atoms with Gasteiger partial charge >= 0.3 is 0 Å². The zero-order valence-corrected chi connectivity index (χ0v) is 9.59. The third-order valence-electron chi connectivity index (χ3n) is 1.49. The molecule has 0 aromatic heterocycles. The van der Waals surface area contributed by atoms with Crippen LogP contribution in [-0.2, 0) is 9.22 Å². The number of hydrogen-bond acceptors (Lipinski definition) is 2. The number of carbonyl (C=O) groups excluding carboxylic acids is 1. The Kier molecular flexibility index (Phi) is 5.42. The van der Waals surface area contributed by atoms with Gasteiger partial charge in [0, 0.05) is 12.5 Å². The molecule has 0 N–H and O–H groups in total. The maximum atomic E-state index is 10.0. The summed E-state index contributed by atoms with van der Waals surface area (Å²) in [5.41, 5.74) is 0. The molecular formula is C9H20O2Si. The van der Waals surface area contributed by atoms with Crippen LogP contribution in [0.15, 0.2) is 0 Å². The van der Waals surface area contributed by atoms with E-state index >= 15 is 0 Å². The van der Waals surface area contributed by atoms with Crippen LogP contribution in [0.4, 0.5) is 0 Å². The lowest BCUT2D eigenvalue weighted by atomic mass is 10.2. The first-order valence-corrected chi connectivity index (χ1v) is 7.98. The topological polar surface area (TPSA) is 26.3 Å². The number of aldehydes is 1. The first-order chi connectivity index (χ1) is 5.45. The van der Waals surface area contributed by atoms with Crippen LogP contribution >= 0.6 is 0 Å². The monoisotopic (exact) mass is 188 g/mol. The van der Waals surface area contributed by atoms with Gasteiger partial charge in [-0.3, -0.25) is 0 Å². The van der Waals surface area contributed by atoms with Crippen molar-refractivity contribution in [1.82, 2.24) is 0 Å². The van der Waals surface area contributed by atoms with Crippen molar-refractivity contribution in [3.05, 3.63) is 0 Å². The second kappa shape index (κ2) is 5.49. The van der Waals surface area contributed by atoms with E-state index in [-0.39, 0.29) is 0 Å². The minimum absolute atomic E-state index is 0.316. The molecule has 3 heteroatoms. The van der Waals surface area contributed by atoms with Crippen molar-refractivity contribution in [2.45, 2.75) is 51.9 Å². The summed E-state index contributed by atoms with van der Waals surface area (Å²) >= 11 is 0. The molecule has 12 heavy (non-hydrogen) atoms. The average Bonchev–Trinajstić information content (AvgIpc) is 1.84. The first-order valence-electron chi connectivity index (χ1n) is 4.57. The molecule has 0 aromatic rings. The van der Waals surface area contributed by atoms with Crippen molar-refractivity contribution in [3.8, 4) is 0 Å². The Morgan fingerprint density at radius 3 is 2.42 bits per heavy atom.